The summed E-state index contributed by atoms with van der Waals surface area (Å²) in [5.41, 5.74) is 1.49. The minimum absolute atomic E-state index is 0.101. The maximum Gasteiger partial charge on any atom is 0.338 e. The molecule has 0 aliphatic carbocycles. The summed E-state index contributed by atoms with van der Waals surface area (Å²) in [7, 11) is 1.47. The Bertz CT molecular complexity index is 1110. The van der Waals surface area contributed by atoms with Gasteiger partial charge in [-0.15, -0.1) is 0 Å². The van der Waals surface area contributed by atoms with E-state index in [2.05, 4.69) is 9.97 Å². The first-order valence-corrected chi connectivity index (χ1v) is 9.28. The standard InChI is InChI=1S/C22H21N3O5/c1-4-29-18-10-9-14(11-19(18)28-3)22(27)30-13(2)20(26)15(12-23)21-24-16-7-5-6-8-17(16)25-21/h5-11,13,26H,4H2,1-3H3,(H,24,25)/b20-15-/t13-/m1/s1. The number of H-pyrrole nitrogens is 1. The number of benzene rings is 2. The normalized spacial score (nSPS) is 12.6. The lowest BCUT2D eigenvalue weighted by Gasteiger charge is -2.15. The quantitative estimate of drug-likeness (QED) is 0.345. The Balaban J connectivity index is 1.83. The Kier molecular flexibility index (Phi) is 6.23. The van der Waals surface area contributed by atoms with Gasteiger partial charge in [0.15, 0.2) is 29.2 Å². The van der Waals surface area contributed by atoms with Crippen molar-refractivity contribution in [1.82, 2.24) is 9.97 Å². The number of para-hydroxylation sites is 2. The maximum absolute atomic E-state index is 12.5. The number of aromatic nitrogens is 2. The van der Waals surface area contributed by atoms with Crippen LogP contribution in [0.3, 0.4) is 0 Å². The van der Waals surface area contributed by atoms with E-state index in [4.69, 9.17) is 14.2 Å². The third kappa shape index (κ3) is 4.20. The topological polar surface area (TPSA) is 117 Å². The Morgan fingerprint density at radius 1 is 1.27 bits per heavy atom. The number of hydrogen-bond acceptors (Lipinski definition) is 7. The number of methoxy groups -OCH3 is 1. The zero-order valence-corrected chi connectivity index (χ0v) is 16.8. The highest BCUT2D eigenvalue weighted by atomic mass is 16.6. The third-order valence-electron chi connectivity index (χ3n) is 4.36. The predicted molar refractivity (Wildman–Crippen MR) is 110 cm³/mol. The molecular weight excluding hydrogens is 386 g/mol. The molecule has 1 aromatic heterocycles. The highest BCUT2D eigenvalue weighted by molar-refractivity contribution is 5.91. The van der Waals surface area contributed by atoms with E-state index in [-0.39, 0.29) is 17.0 Å². The van der Waals surface area contributed by atoms with Crippen LogP contribution < -0.4 is 9.47 Å². The number of fused-ring (bicyclic) bond motifs is 1. The molecule has 8 nitrogen and oxygen atoms in total. The molecule has 2 N–H and O–H groups in total. The molecule has 0 unspecified atom stereocenters. The van der Waals surface area contributed by atoms with Gasteiger partial charge < -0.3 is 24.3 Å². The molecule has 0 saturated heterocycles. The number of imidazole rings is 1. The molecule has 3 rings (SSSR count). The summed E-state index contributed by atoms with van der Waals surface area (Å²) in [6.45, 7) is 3.76. The molecule has 0 radical (unpaired) electrons. The number of rotatable bonds is 7. The van der Waals surface area contributed by atoms with Crippen LogP contribution in [0.4, 0.5) is 0 Å². The molecule has 0 saturated carbocycles. The number of nitriles is 1. The second-order valence-corrected chi connectivity index (χ2v) is 6.32. The summed E-state index contributed by atoms with van der Waals surface area (Å²) in [6.07, 6.45) is -1.07. The summed E-state index contributed by atoms with van der Waals surface area (Å²) in [5.74, 6) is 0.00429. The zero-order valence-electron chi connectivity index (χ0n) is 16.8. The van der Waals surface area contributed by atoms with Crippen molar-refractivity contribution >= 4 is 22.6 Å². The molecule has 0 spiro atoms. The average molecular weight is 407 g/mol. The largest absolute Gasteiger partial charge is 0.507 e. The van der Waals surface area contributed by atoms with Crippen LogP contribution in [0.5, 0.6) is 11.5 Å². The fourth-order valence-corrected chi connectivity index (χ4v) is 2.86. The lowest BCUT2D eigenvalue weighted by molar-refractivity contribution is 0.0333. The minimum Gasteiger partial charge on any atom is -0.507 e. The van der Waals surface area contributed by atoms with Gasteiger partial charge in [-0.2, -0.15) is 5.26 Å². The van der Waals surface area contributed by atoms with Crippen LogP contribution in [0.1, 0.15) is 30.0 Å². The first-order chi connectivity index (χ1) is 14.5. The van der Waals surface area contributed by atoms with Crippen LogP contribution in [-0.4, -0.2) is 40.9 Å². The fraction of sp³-hybridized carbons (Fsp3) is 0.227. The molecule has 0 bridgehead atoms. The van der Waals surface area contributed by atoms with E-state index in [1.807, 2.05) is 25.1 Å². The second-order valence-electron chi connectivity index (χ2n) is 6.32. The Morgan fingerprint density at radius 2 is 2.03 bits per heavy atom. The monoisotopic (exact) mass is 407 g/mol. The third-order valence-corrected chi connectivity index (χ3v) is 4.36. The number of esters is 1. The van der Waals surface area contributed by atoms with Gasteiger partial charge in [-0.1, -0.05) is 12.1 Å². The van der Waals surface area contributed by atoms with E-state index in [0.29, 0.717) is 23.6 Å². The minimum atomic E-state index is -1.07. The Hall–Kier alpha value is -3.99. The van der Waals surface area contributed by atoms with E-state index in [1.165, 1.54) is 26.2 Å². The van der Waals surface area contributed by atoms with Crippen molar-refractivity contribution in [2.45, 2.75) is 20.0 Å². The lowest BCUT2D eigenvalue weighted by Crippen LogP contribution is -2.18. The van der Waals surface area contributed by atoms with Crippen molar-refractivity contribution in [3.8, 4) is 17.6 Å². The van der Waals surface area contributed by atoms with Gasteiger partial charge in [0.2, 0.25) is 0 Å². The summed E-state index contributed by atoms with van der Waals surface area (Å²) >= 11 is 0. The van der Waals surface area contributed by atoms with Crippen LogP contribution >= 0.6 is 0 Å². The lowest BCUT2D eigenvalue weighted by atomic mass is 10.1. The summed E-state index contributed by atoms with van der Waals surface area (Å²) in [4.78, 5) is 19.8. The Labute approximate surface area is 173 Å². The highest BCUT2D eigenvalue weighted by Gasteiger charge is 2.22. The van der Waals surface area contributed by atoms with Crippen LogP contribution in [0.25, 0.3) is 16.6 Å². The highest BCUT2D eigenvalue weighted by Crippen LogP contribution is 2.29. The number of carbonyl (C=O) groups is 1. The van der Waals surface area contributed by atoms with Crippen LogP contribution in [0.15, 0.2) is 48.2 Å². The van der Waals surface area contributed by atoms with Gasteiger partial charge >= 0.3 is 5.97 Å². The SMILES string of the molecule is CCOc1ccc(C(=O)O[C@H](C)/C(O)=C(\C#N)c2nc3ccccc3[nH]2)cc1OC. The summed E-state index contributed by atoms with van der Waals surface area (Å²) < 4.78 is 16.0. The first kappa shape index (κ1) is 20.7. The number of allylic oxidation sites excluding steroid dienone is 1. The maximum atomic E-state index is 12.5. The molecular formula is C22H21N3O5. The van der Waals surface area contributed by atoms with Gasteiger partial charge in [0, 0.05) is 0 Å². The van der Waals surface area contributed by atoms with E-state index in [1.54, 1.807) is 18.2 Å². The van der Waals surface area contributed by atoms with Gasteiger partial charge in [-0.05, 0) is 44.2 Å². The number of carbonyl (C=O) groups excluding carboxylic acids is 1. The number of nitrogens with zero attached hydrogens (tertiary/aromatic N) is 2. The number of aliphatic hydroxyl groups excluding tert-OH is 1. The predicted octanol–water partition coefficient (Wildman–Crippen LogP) is 4.01. The molecule has 0 fully saturated rings. The van der Waals surface area contributed by atoms with E-state index >= 15 is 0 Å². The molecule has 154 valence electrons. The molecule has 2 aromatic carbocycles. The number of ether oxygens (including phenoxy) is 3. The Morgan fingerprint density at radius 3 is 2.70 bits per heavy atom. The smallest absolute Gasteiger partial charge is 0.338 e. The van der Waals surface area contributed by atoms with Crippen molar-refractivity contribution < 1.29 is 24.1 Å². The van der Waals surface area contributed by atoms with Crippen molar-refractivity contribution in [2.75, 3.05) is 13.7 Å². The van der Waals surface area contributed by atoms with Crippen LogP contribution in [0.2, 0.25) is 0 Å². The van der Waals surface area contributed by atoms with E-state index in [0.717, 1.165) is 5.52 Å². The molecule has 0 aliphatic heterocycles. The van der Waals surface area contributed by atoms with Gasteiger partial charge in [-0.25, -0.2) is 9.78 Å². The van der Waals surface area contributed by atoms with Crippen molar-refractivity contribution in [3.63, 3.8) is 0 Å². The first-order valence-electron chi connectivity index (χ1n) is 9.28. The molecule has 1 atom stereocenters. The van der Waals surface area contributed by atoms with Crippen molar-refractivity contribution in [3.05, 3.63) is 59.6 Å². The zero-order chi connectivity index (χ0) is 21.7. The number of hydrogen-bond donors (Lipinski definition) is 2. The molecule has 3 aromatic rings. The van der Waals surface area contributed by atoms with E-state index < -0.39 is 17.8 Å². The van der Waals surface area contributed by atoms with Crippen molar-refractivity contribution in [2.24, 2.45) is 0 Å². The van der Waals surface area contributed by atoms with Crippen LogP contribution in [0, 0.1) is 11.3 Å². The molecule has 8 heteroatoms. The molecule has 1 heterocycles. The number of aromatic amines is 1. The average Bonchev–Trinajstić information content (AvgIpc) is 3.18. The molecule has 0 amide bonds. The number of nitrogens with one attached hydrogen (secondary N) is 1. The van der Waals surface area contributed by atoms with Crippen molar-refractivity contribution in [1.29, 1.82) is 5.26 Å². The van der Waals surface area contributed by atoms with Gasteiger partial charge in [0.25, 0.3) is 0 Å². The summed E-state index contributed by atoms with van der Waals surface area (Å²) in [6, 6.07) is 13.8. The number of aliphatic hydroxyl groups is 1. The molecule has 0 aliphatic rings. The van der Waals surface area contributed by atoms with Gasteiger partial charge in [0.1, 0.15) is 11.6 Å². The fourth-order valence-electron chi connectivity index (χ4n) is 2.86. The molecule has 30 heavy (non-hydrogen) atoms. The van der Waals surface area contributed by atoms with Gasteiger partial charge in [0.05, 0.1) is 30.3 Å². The van der Waals surface area contributed by atoms with E-state index in [9.17, 15) is 15.2 Å². The van der Waals surface area contributed by atoms with Crippen LogP contribution in [-0.2, 0) is 4.74 Å². The summed E-state index contributed by atoms with van der Waals surface area (Å²) in [5, 5.41) is 20.1. The second kappa shape index (κ2) is 9.01. The van der Waals surface area contributed by atoms with Gasteiger partial charge in [-0.3, -0.25) is 0 Å².